The van der Waals surface area contributed by atoms with Gasteiger partial charge in [-0.15, -0.1) is 0 Å². The second kappa shape index (κ2) is 16.4. The maximum Gasteiger partial charge on any atom is 0.306 e. The fourth-order valence-corrected chi connectivity index (χ4v) is 4.35. The van der Waals surface area contributed by atoms with Gasteiger partial charge in [-0.25, -0.2) is 0 Å². The first-order valence-electron chi connectivity index (χ1n) is 13.1. The molecule has 1 fully saturated rings. The average Bonchev–Trinajstić information content (AvgIpc) is 2.93. The number of ketones is 1. The lowest BCUT2D eigenvalue weighted by molar-refractivity contribution is -0.237. The molecule has 0 spiro atoms. The summed E-state index contributed by atoms with van der Waals surface area (Å²) in [4.78, 5) is 47.9. The third kappa shape index (κ3) is 11.0. The van der Waals surface area contributed by atoms with Crippen molar-refractivity contribution in [3.8, 4) is 0 Å². The van der Waals surface area contributed by atoms with Crippen LogP contribution in [0, 0.1) is 6.61 Å². The van der Waals surface area contributed by atoms with E-state index in [1.54, 1.807) is 0 Å². The minimum absolute atomic E-state index is 0.00684. The van der Waals surface area contributed by atoms with Gasteiger partial charge in [-0.05, 0) is 30.2 Å². The lowest BCUT2D eigenvalue weighted by Crippen LogP contribution is -2.59. The average molecular weight is 634 g/mol. The Balaban J connectivity index is 1.92. The Morgan fingerprint density at radius 2 is 1.51 bits per heavy atom. The van der Waals surface area contributed by atoms with Gasteiger partial charge < -0.3 is 33.2 Å². The zero-order valence-electron chi connectivity index (χ0n) is 23.2. The van der Waals surface area contributed by atoms with Crippen LogP contribution in [0.3, 0.4) is 0 Å². The van der Waals surface area contributed by atoms with Crippen molar-refractivity contribution in [3.05, 3.63) is 76.8 Å². The molecule has 0 saturated carbocycles. The number of hydrogen-bond donors (Lipinski definition) is 0. The molecule has 0 aliphatic carbocycles. The van der Waals surface area contributed by atoms with Gasteiger partial charge in [-0.2, -0.15) is 0 Å². The molecule has 0 amide bonds. The van der Waals surface area contributed by atoms with Crippen molar-refractivity contribution in [1.82, 2.24) is 0 Å². The van der Waals surface area contributed by atoms with Gasteiger partial charge in [0.25, 0.3) is 0 Å². The molecule has 41 heavy (non-hydrogen) atoms. The number of carbonyl (C=O) groups is 4. The van der Waals surface area contributed by atoms with Gasteiger partial charge in [-0.1, -0.05) is 58.4 Å². The molecule has 0 N–H and O–H groups in total. The molecule has 0 aromatic heterocycles. The topological polar surface area (TPSA) is 124 Å². The Labute approximate surface area is 247 Å². The van der Waals surface area contributed by atoms with Crippen LogP contribution in [0.4, 0.5) is 0 Å². The van der Waals surface area contributed by atoms with Crippen molar-refractivity contribution in [2.24, 2.45) is 0 Å². The number of ether oxygens (including phenoxy) is 6. The van der Waals surface area contributed by atoms with Crippen LogP contribution in [0.1, 0.15) is 44.7 Å². The molecule has 2 aromatic carbocycles. The summed E-state index contributed by atoms with van der Waals surface area (Å²) in [6.45, 7) is 5.20. The molecule has 3 rings (SSSR count). The quantitative estimate of drug-likeness (QED) is 0.220. The highest BCUT2D eigenvalue weighted by Gasteiger charge is 2.49. The minimum Gasteiger partial charge on any atom is -0.463 e. The van der Waals surface area contributed by atoms with Crippen molar-refractivity contribution >= 4 is 39.6 Å². The van der Waals surface area contributed by atoms with E-state index < -0.39 is 48.4 Å². The third-order valence-electron chi connectivity index (χ3n) is 6.07. The zero-order chi connectivity index (χ0) is 29.8. The van der Waals surface area contributed by atoms with Crippen LogP contribution in [0.15, 0.2) is 59.1 Å². The Morgan fingerprint density at radius 1 is 0.829 bits per heavy atom. The number of carbonyl (C=O) groups excluding carboxylic acids is 4. The van der Waals surface area contributed by atoms with E-state index in [1.807, 2.05) is 54.6 Å². The van der Waals surface area contributed by atoms with Crippen LogP contribution in [-0.4, -0.2) is 60.8 Å². The molecule has 1 aliphatic rings. The van der Waals surface area contributed by atoms with Crippen molar-refractivity contribution in [1.29, 1.82) is 0 Å². The molecule has 0 unspecified atom stereocenters. The molecule has 0 bridgehead atoms. The highest BCUT2D eigenvalue weighted by Crippen LogP contribution is 2.31. The van der Waals surface area contributed by atoms with E-state index in [-0.39, 0.29) is 38.4 Å². The first-order chi connectivity index (χ1) is 19.6. The standard InChI is InChI=1S/C30H34BrO10/c1-19(32)9-14-27(35)41-29-26(40-21(3)34)18-39-28(30(29)38-16-23-10-12-24(31)13-11-23)25(17-36-20(2)33)37-15-22-7-5-4-6-8-22/h4-8,10-13,18,25-26,28-30H,9,14-17H2,1-3H3/t25-,26-,28-,29-,30-/m1/s1. The fraction of sp³-hybridized carbons (Fsp3) is 0.433. The van der Waals surface area contributed by atoms with E-state index in [0.717, 1.165) is 15.6 Å². The molecule has 1 aliphatic heterocycles. The zero-order valence-corrected chi connectivity index (χ0v) is 24.7. The summed E-state index contributed by atoms with van der Waals surface area (Å²) in [6, 6.07) is 16.8. The third-order valence-corrected chi connectivity index (χ3v) is 6.60. The largest absolute Gasteiger partial charge is 0.463 e. The number of benzene rings is 2. The summed E-state index contributed by atoms with van der Waals surface area (Å²) in [7, 11) is 0. The smallest absolute Gasteiger partial charge is 0.306 e. The van der Waals surface area contributed by atoms with Gasteiger partial charge >= 0.3 is 17.9 Å². The molecular formula is C30H34BrO10. The number of Topliss-reactive ketones (excluding diaryl/α,β-unsaturated/α-hetero) is 1. The van der Waals surface area contributed by atoms with Crippen LogP contribution < -0.4 is 0 Å². The first-order valence-corrected chi connectivity index (χ1v) is 13.9. The summed E-state index contributed by atoms with van der Waals surface area (Å²) in [5.41, 5.74) is 1.69. The van der Waals surface area contributed by atoms with Crippen LogP contribution in [0.2, 0.25) is 0 Å². The van der Waals surface area contributed by atoms with Crippen molar-refractivity contribution in [2.45, 2.75) is 77.3 Å². The first kappa shape index (κ1) is 32.4. The van der Waals surface area contributed by atoms with Gasteiger partial charge in [-0.3, -0.25) is 14.4 Å². The number of esters is 3. The summed E-state index contributed by atoms with van der Waals surface area (Å²) in [5, 5.41) is 0. The predicted octanol–water partition coefficient (Wildman–Crippen LogP) is 4.26. The molecule has 11 heteroatoms. The maximum atomic E-state index is 12.8. The molecule has 5 atom stereocenters. The molecular weight excluding hydrogens is 600 g/mol. The number of rotatable bonds is 14. The Bertz CT molecular complexity index is 1150. The Kier molecular flexibility index (Phi) is 12.9. The van der Waals surface area contributed by atoms with Gasteiger partial charge in [0.15, 0.2) is 12.2 Å². The van der Waals surface area contributed by atoms with Crippen LogP contribution in [-0.2, 0) is 60.8 Å². The highest BCUT2D eigenvalue weighted by molar-refractivity contribution is 9.10. The van der Waals surface area contributed by atoms with E-state index >= 15 is 0 Å². The summed E-state index contributed by atoms with van der Waals surface area (Å²) in [5.74, 6) is -1.99. The van der Waals surface area contributed by atoms with E-state index in [9.17, 15) is 19.2 Å². The SMILES string of the molecule is CC(=O)CCC(=O)O[C@H]1[C@H](OCc2ccc(Br)cc2)[C@@H]([C@@H](COC(C)=O)OCc2ccccc2)O[CH][C@H]1OC(C)=O. The second-order valence-electron chi connectivity index (χ2n) is 9.51. The fourth-order valence-electron chi connectivity index (χ4n) is 4.08. The molecule has 221 valence electrons. The van der Waals surface area contributed by atoms with Gasteiger partial charge in [0.1, 0.15) is 37.3 Å². The molecule has 1 saturated heterocycles. The lowest BCUT2D eigenvalue weighted by atomic mass is 9.95. The number of hydrogen-bond acceptors (Lipinski definition) is 10. The summed E-state index contributed by atoms with van der Waals surface area (Å²) >= 11 is 3.41. The molecule has 1 heterocycles. The molecule has 10 nitrogen and oxygen atoms in total. The van der Waals surface area contributed by atoms with Crippen LogP contribution >= 0.6 is 15.9 Å². The lowest BCUT2D eigenvalue weighted by Gasteiger charge is -2.43. The Morgan fingerprint density at radius 3 is 2.15 bits per heavy atom. The monoisotopic (exact) mass is 633 g/mol. The van der Waals surface area contributed by atoms with Crippen molar-refractivity contribution in [2.75, 3.05) is 6.61 Å². The van der Waals surface area contributed by atoms with Crippen LogP contribution in [0.5, 0.6) is 0 Å². The predicted molar refractivity (Wildman–Crippen MR) is 149 cm³/mol. The van der Waals surface area contributed by atoms with E-state index in [2.05, 4.69) is 15.9 Å². The molecule has 2 aromatic rings. The minimum atomic E-state index is -1.15. The van der Waals surface area contributed by atoms with E-state index in [4.69, 9.17) is 28.4 Å². The highest BCUT2D eigenvalue weighted by atomic mass is 79.9. The summed E-state index contributed by atoms with van der Waals surface area (Å²) < 4.78 is 35.8. The maximum absolute atomic E-state index is 12.8. The van der Waals surface area contributed by atoms with Crippen molar-refractivity contribution in [3.63, 3.8) is 0 Å². The normalized spacial score (nSPS) is 21.0. The number of halogens is 1. The van der Waals surface area contributed by atoms with Gasteiger partial charge in [0, 0.05) is 24.7 Å². The van der Waals surface area contributed by atoms with Crippen molar-refractivity contribution < 1.29 is 47.6 Å². The van der Waals surface area contributed by atoms with Crippen LogP contribution in [0.25, 0.3) is 0 Å². The van der Waals surface area contributed by atoms with E-state index in [0.29, 0.717) is 0 Å². The van der Waals surface area contributed by atoms with E-state index in [1.165, 1.54) is 27.4 Å². The molecule has 1 radical (unpaired) electrons. The van der Waals surface area contributed by atoms with Gasteiger partial charge in [0.05, 0.1) is 19.6 Å². The van der Waals surface area contributed by atoms with Gasteiger partial charge in [0.2, 0.25) is 0 Å². The second-order valence-corrected chi connectivity index (χ2v) is 10.4. The Hall–Kier alpha value is -3.12. The summed E-state index contributed by atoms with van der Waals surface area (Å²) in [6.07, 6.45) is -5.24.